The summed E-state index contributed by atoms with van der Waals surface area (Å²) < 4.78 is 1.45. The monoisotopic (exact) mass is 280 g/mol. The van der Waals surface area contributed by atoms with Crippen LogP contribution in [0.1, 0.15) is 30.3 Å². The zero-order chi connectivity index (χ0) is 14.7. The van der Waals surface area contributed by atoms with Crippen molar-refractivity contribution in [1.29, 1.82) is 0 Å². The van der Waals surface area contributed by atoms with E-state index in [4.69, 9.17) is 5.11 Å². The first kappa shape index (κ1) is 14.6. The maximum absolute atomic E-state index is 12.4. The number of carbonyl (C=O) groups excluding carboxylic acids is 1. The zero-order valence-corrected chi connectivity index (χ0v) is 11.5. The number of aromatic nitrogens is 1. The third kappa shape index (κ3) is 3.19. The van der Waals surface area contributed by atoms with E-state index in [0.717, 1.165) is 12.8 Å². The zero-order valence-electron chi connectivity index (χ0n) is 11.5. The second kappa shape index (κ2) is 6.09. The van der Waals surface area contributed by atoms with Gasteiger partial charge in [-0.2, -0.15) is 0 Å². The fraction of sp³-hybridized carbons (Fsp3) is 0.571. The van der Waals surface area contributed by atoms with Crippen LogP contribution in [0.3, 0.4) is 0 Å². The van der Waals surface area contributed by atoms with Gasteiger partial charge in [-0.3, -0.25) is 9.59 Å². The van der Waals surface area contributed by atoms with Gasteiger partial charge < -0.3 is 19.7 Å². The molecule has 1 aromatic rings. The van der Waals surface area contributed by atoms with Crippen LogP contribution in [0, 0.1) is 5.92 Å². The molecule has 2 N–H and O–H groups in total. The Labute approximate surface area is 117 Å². The minimum Gasteiger partial charge on any atom is -0.480 e. The molecule has 0 radical (unpaired) electrons. The van der Waals surface area contributed by atoms with Crippen molar-refractivity contribution in [2.45, 2.75) is 32.4 Å². The maximum Gasteiger partial charge on any atom is 0.323 e. The van der Waals surface area contributed by atoms with Crippen molar-refractivity contribution >= 4 is 11.9 Å². The first-order valence-corrected chi connectivity index (χ1v) is 6.83. The van der Waals surface area contributed by atoms with Gasteiger partial charge in [-0.25, -0.2) is 0 Å². The highest BCUT2D eigenvalue weighted by Gasteiger charge is 2.27. The summed E-state index contributed by atoms with van der Waals surface area (Å²) in [6, 6.07) is 3.32. The molecule has 1 saturated heterocycles. The molecular formula is C14H20N2O4. The number of aliphatic carboxylic acids is 1. The predicted octanol–water partition coefficient (Wildman–Crippen LogP) is 0.806. The molecule has 1 amide bonds. The van der Waals surface area contributed by atoms with E-state index < -0.39 is 5.97 Å². The van der Waals surface area contributed by atoms with Crippen molar-refractivity contribution in [3.63, 3.8) is 0 Å². The minimum atomic E-state index is -0.969. The predicted molar refractivity (Wildman–Crippen MR) is 72.4 cm³/mol. The van der Waals surface area contributed by atoms with Crippen molar-refractivity contribution < 1.29 is 19.8 Å². The summed E-state index contributed by atoms with van der Waals surface area (Å²) in [5.41, 5.74) is 0.405. The van der Waals surface area contributed by atoms with E-state index in [2.05, 4.69) is 0 Å². The van der Waals surface area contributed by atoms with Crippen molar-refractivity contribution in [3.05, 3.63) is 24.0 Å². The van der Waals surface area contributed by atoms with Crippen LogP contribution < -0.4 is 0 Å². The van der Waals surface area contributed by atoms with Crippen molar-refractivity contribution in [2.24, 2.45) is 5.92 Å². The van der Waals surface area contributed by atoms with Crippen molar-refractivity contribution in [3.8, 4) is 0 Å². The van der Waals surface area contributed by atoms with E-state index in [1.807, 2.05) is 0 Å². The average molecular weight is 280 g/mol. The van der Waals surface area contributed by atoms with Crippen LogP contribution >= 0.6 is 0 Å². The number of nitrogens with zero attached hydrogens (tertiary/aromatic N) is 2. The normalized spacial score (nSPS) is 18.0. The number of carbonyl (C=O) groups is 2. The number of rotatable bonds is 4. The van der Waals surface area contributed by atoms with Crippen LogP contribution in [-0.4, -0.2) is 50.8 Å². The molecule has 1 fully saturated rings. The van der Waals surface area contributed by atoms with Crippen molar-refractivity contribution in [2.75, 3.05) is 13.1 Å². The first-order valence-electron chi connectivity index (χ1n) is 6.83. The number of carboxylic acids is 1. The first-order chi connectivity index (χ1) is 9.49. The number of amides is 1. The number of hydrogen-bond donors (Lipinski definition) is 2. The Kier molecular flexibility index (Phi) is 4.44. The van der Waals surface area contributed by atoms with E-state index in [9.17, 15) is 14.7 Å². The van der Waals surface area contributed by atoms with Gasteiger partial charge >= 0.3 is 5.97 Å². The minimum absolute atomic E-state index is 0.139. The van der Waals surface area contributed by atoms with Crippen LogP contribution in [0.5, 0.6) is 0 Å². The Bertz CT molecular complexity index is 487. The van der Waals surface area contributed by atoms with Crippen LogP contribution in [0.15, 0.2) is 18.3 Å². The Morgan fingerprint density at radius 1 is 1.40 bits per heavy atom. The lowest BCUT2D eigenvalue weighted by molar-refractivity contribution is -0.137. The molecule has 0 bridgehead atoms. The van der Waals surface area contributed by atoms with Gasteiger partial charge in [-0.1, -0.05) is 0 Å². The van der Waals surface area contributed by atoms with Gasteiger partial charge in [0.15, 0.2) is 0 Å². The van der Waals surface area contributed by atoms with Gasteiger partial charge in [0.2, 0.25) is 0 Å². The number of aliphatic hydroxyl groups is 1. The second-order valence-corrected chi connectivity index (χ2v) is 5.29. The Morgan fingerprint density at radius 2 is 2.05 bits per heavy atom. The highest BCUT2D eigenvalue weighted by atomic mass is 16.4. The summed E-state index contributed by atoms with van der Waals surface area (Å²) in [5.74, 6) is -0.867. The summed E-state index contributed by atoms with van der Waals surface area (Å²) in [5, 5.41) is 18.4. The number of carboxylic acid groups (broad SMARTS) is 1. The van der Waals surface area contributed by atoms with Crippen LogP contribution in [-0.2, 0) is 11.3 Å². The number of aliphatic hydroxyl groups excluding tert-OH is 1. The number of likely N-dealkylation sites (tertiary alicyclic amines) is 1. The summed E-state index contributed by atoms with van der Waals surface area (Å²) >= 11 is 0. The lowest BCUT2D eigenvalue weighted by atomic mass is 9.92. The quantitative estimate of drug-likeness (QED) is 0.855. The van der Waals surface area contributed by atoms with Gasteiger partial charge in [0.1, 0.15) is 12.2 Å². The molecule has 0 spiro atoms. The summed E-state index contributed by atoms with van der Waals surface area (Å²) in [7, 11) is 0. The lowest BCUT2D eigenvalue weighted by Gasteiger charge is -2.33. The summed E-state index contributed by atoms with van der Waals surface area (Å²) in [6.45, 7) is 2.78. The number of hydrogen-bond acceptors (Lipinski definition) is 3. The highest BCUT2D eigenvalue weighted by molar-refractivity contribution is 5.93. The van der Waals surface area contributed by atoms with Gasteiger partial charge in [0.05, 0.1) is 6.10 Å². The van der Waals surface area contributed by atoms with E-state index in [1.54, 1.807) is 30.2 Å². The average Bonchev–Trinajstić information content (AvgIpc) is 2.85. The molecule has 6 heteroatoms. The van der Waals surface area contributed by atoms with Crippen LogP contribution in [0.25, 0.3) is 0 Å². The van der Waals surface area contributed by atoms with Gasteiger partial charge in [-0.05, 0) is 37.8 Å². The van der Waals surface area contributed by atoms with E-state index >= 15 is 0 Å². The van der Waals surface area contributed by atoms with Gasteiger partial charge in [0, 0.05) is 19.3 Å². The van der Waals surface area contributed by atoms with Gasteiger partial charge in [-0.15, -0.1) is 0 Å². The second-order valence-electron chi connectivity index (χ2n) is 5.29. The molecule has 6 nitrogen and oxygen atoms in total. The summed E-state index contributed by atoms with van der Waals surface area (Å²) in [6.07, 6.45) is 2.82. The third-order valence-corrected chi connectivity index (χ3v) is 3.86. The molecule has 0 aromatic carbocycles. The van der Waals surface area contributed by atoms with Crippen molar-refractivity contribution in [1.82, 2.24) is 9.47 Å². The Hall–Kier alpha value is -1.82. The number of piperidine rings is 1. The fourth-order valence-corrected chi connectivity index (χ4v) is 2.64. The summed E-state index contributed by atoms with van der Waals surface area (Å²) in [4.78, 5) is 24.9. The molecule has 2 heterocycles. The Balaban J connectivity index is 2.02. The highest BCUT2D eigenvalue weighted by Crippen LogP contribution is 2.22. The molecule has 1 aromatic heterocycles. The molecule has 0 saturated carbocycles. The third-order valence-electron chi connectivity index (χ3n) is 3.86. The maximum atomic E-state index is 12.4. The van der Waals surface area contributed by atoms with E-state index in [1.165, 1.54) is 4.57 Å². The molecule has 1 atom stereocenters. The molecule has 1 unspecified atom stereocenters. The van der Waals surface area contributed by atoms with Crippen LogP contribution in [0.2, 0.25) is 0 Å². The van der Waals surface area contributed by atoms with Crippen LogP contribution in [0.4, 0.5) is 0 Å². The molecular weight excluding hydrogens is 260 g/mol. The molecule has 0 aliphatic carbocycles. The lowest BCUT2D eigenvalue weighted by Crippen LogP contribution is -2.41. The van der Waals surface area contributed by atoms with E-state index in [0.29, 0.717) is 18.8 Å². The Morgan fingerprint density at radius 3 is 2.60 bits per heavy atom. The smallest absolute Gasteiger partial charge is 0.323 e. The topological polar surface area (TPSA) is 82.8 Å². The molecule has 1 aliphatic rings. The molecule has 1 aliphatic heterocycles. The molecule has 2 rings (SSSR count). The fourth-order valence-electron chi connectivity index (χ4n) is 2.64. The standard InChI is InChI=1S/C14H20N2O4/c1-10(17)11-4-7-15(8-5-11)14(20)12-3-2-6-16(12)9-13(18)19/h2-3,6,10-11,17H,4-5,7-9H2,1H3,(H,18,19). The van der Waals surface area contributed by atoms with Gasteiger partial charge in [0.25, 0.3) is 5.91 Å². The molecule has 110 valence electrons. The SMILES string of the molecule is CC(O)C1CCN(C(=O)c2cccn2CC(=O)O)CC1. The molecule has 20 heavy (non-hydrogen) atoms. The largest absolute Gasteiger partial charge is 0.480 e. The van der Waals surface area contributed by atoms with E-state index in [-0.39, 0.29) is 24.5 Å².